The molecule has 2 saturated heterocycles. The Balaban J connectivity index is 1.24. The summed E-state index contributed by atoms with van der Waals surface area (Å²) in [5.41, 5.74) is 6.04. The minimum Gasteiger partial charge on any atom is -0.462 e. The van der Waals surface area contributed by atoms with Gasteiger partial charge in [-0.2, -0.15) is 20.3 Å². The van der Waals surface area contributed by atoms with Crippen LogP contribution in [0.2, 0.25) is 0 Å². The van der Waals surface area contributed by atoms with Gasteiger partial charge in [0.1, 0.15) is 12.4 Å². The molecule has 1 aromatic carbocycles. The third-order valence-corrected chi connectivity index (χ3v) is 10.2. The van der Waals surface area contributed by atoms with Crippen LogP contribution in [-0.4, -0.2) is 88.9 Å². The van der Waals surface area contributed by atoms with E-state index in [0.29, 0.717) is 26.1 Å². The van der Waals surface area contributed by atoms with Gasteiger partial charge in [-0.1, -0.05) is 11.8 Å². The molecule has 0 amide bonds. The normalized spacial score (nSPS) is 25.0. The van der Waals surface area contributed by atoms with Crippen LogP contribution in [0.1, 0.15) is 35.2 Å². The molecule has 13 heteroatoms. The first kappa shape index (κ1) is 28.3. The Morgan fingerprint density at radius 1 is 1.21 bits per heavy atom. The Morgan fingerprint density at radius 3 is 2.79 bits per heavy atom. The molecule has 0 aliphatic carbocycles. The van der Waals surface area contributed by atoms with E-state index in [2.05, 4.69) is 56.7 Å². The fraction of sp³-hybridized carbons (Fsp3) is 0.533. The number of anilines is 2. The molecule has 0 saturated carbocycles. The molecule has 0 radical (unpaired) electrons. The molecule has 226 valence electrons. The monoisotopic (exact) mass is 607 g/mol. The highest BCUT2D eigenvalue weighted by Crippen LogP contribution is 2.46. The lowest BCUT2D eigenvalue weighted by molar-refractivity contribution is 0.0136. The van der Waals surface area contributed by atoms with Gasteiger partial charge in [0, 0.05) is 54.5 Å². The average Bonchev–Trinajstić information content (AvgIpc) is 3.68. The van der Waals surface area contributed by atoms with Crippen LogP contribution in [-0.2, 0) is 13.0 Å². The quantitative estimate of drug-likeness (QED) is 0.411. The second-order valence-electron chi connectivity index (χ2n) is 12.2. The Kier molecular flexibility index (Phi) is 6.98. The SMILES string of the molecule is Cc1cc2[nH]ncc2c(N2CCc3c(nc(OC[C@@H]4CC(F)(F)CN4C)nc3N3CCN[C@@](CC#N)(C4=CS4)C3)C2)c1C. The zero-order valence-corrected chi connectivity index (χ0v) is 25.4. The number of H-pyrrole nitrogens is 1. The molecule has 0 spiro atoms. The van der Waals surface area contributed by atoms with Crippen LogP contribution in [0.25, 0.3) is 10.9 Å². The summed E-state index contributed by atoms with van der Waals surface area (Å²) in [4.78, 5) is 17.2. The summed E-state index contributed by atoms with van der Waals surface area (Å²) in [7, 11) is 1.70. The number of hydrogen-bond donors (Lipinski definition) is 2. The molecular weight excluding hydrogens is 572 g/mol. The first-order valence-electron chi connectivity index (χ1n) is 14.7. The van der Waals surface area contributed by atoms with E-state index < -0.39 is 17.5 Å². The van der Waals surface area contributed by atoms with Gasteiger partial charge in [-0.3, -0.25) is 10.00 Å². The maximum Gasteiger partial charge on any atom is 0.318 e. The minimum atomic E-state index is -2.73. The van der Waals surface area contributed by atoms with Crippen LogP contribution in [0.3, 0.4) is 0 Å². The topological polar surface area (TPSA) is 109 Å². The number of piperazine rings is 1. The van der Waals surface area contributed by atoms with E-state index in [0.717, 1.165) is 53.2 Å². The number of nitriles is 1. The molecule has 7 rings (SSSR count). The number of ether oxygens (including phenoxy) is 1. The number of alkyl halides is 2. The number of benzene rings is 1. The summed E-state index contributed by atoms with van der Waals surface area (Å²) in [6.45, 7) is 7.45. The van der Waals surface area contributed by atoms with Crippen LogP contribution in [0.5, 0.6) is 6.01 Å². The molecule has 0 unspecified atom stereocenters. The number of fused-ring (bicyclic) bond motifs is 2. The van der Waals surface area contributed by atoms with Crippen molar-refractivity contribution in [2.24, 2.45) is 0 Å². The van der Waals surface area contributed by atoms with Gasteiger partial charge in [-0.05, 0) is 49.9 Å². The summed E-state index contributed by atoms with van der Waals surface area (Å²) in [6, 6.07) is 4.29. The number of thioether (sulfide) groups is 1. The van der Waals surface area contributed by atoms with Crippen molar-refractivity contribution >= 4 is 34.2 Å². The predicted molar refractivity (Wildman–Crippen MR) is 163 cm³/mol. The van der Waals surface area contributed by atoms with Crippen LogP contribution in [0.4, 0.5) is 20.3 Å². The van der Waals surface area contributed by atoms with E-state index in [9.17, 15) is 14.0 Å². The Morgan fingerprint density at radius 2 is 2.05 bits per heavy atom. The van der Waals surface area contributed by atoms with E-state index in [1.807, 2.05) is 6.20 Å². The Bertz CT molecular complexity index is 1650. The first-order chi connectivity index (χ1) is 20.7. The smallest absolute Gasteiger partial charge is 0.318 e. The lowest BCUT2D eigenvalue weighted by atomic mass is 9.92. The Hall–Kier alpha value is -3.47. The van der Waals surface area contributed by atoms with Crippen LogP contribution >= 0.6 is 11.8 Å². The molecule has 2 N–H and O–H groups in total. The first-order valence-corrected chi connectivity index (χ1v) is 15.6. The Labute approximate surface area is 253 Å². The lowest BCUT2D eigenvalue weighted by Crippen LogP contribution is -2.60. The second kappa shape index (κ2) is 10.6. The number of aromatic nitrogens is 4. The molecule has 43 heavy (non-hydrogen) atoms. The average molecular weight is 608 g/mol. The van der Waals surface area contributed by atoms with Crippen molar-refractivity contribution in [3.05, 3.63) is 45.0 Å². The molecule has 2 fully saturated rings. The van der Waals surface area contributed by atoms with E-state index in [1.54, 1.807) is 23.7 Å². The maximum atomic E-state index is 14.1. The third kappa shape index (κ3) is 5.19. The molecule has 4 aliphatic rings. The van der Waals surface area contributed by atoms with Crippen molar-refractivity contribution in [1.29, 1.82) is 5.26 Å². The number of aryl methyl sites for hydroxylation is 1. The fourth-order valence-corrected chi connectivity index (χ4v) is 7.59. The molecule has 10 nitrogen and oxygen atoms in total. The standard InChI is InChI=1S/C30H35F2N9OS/c1-18-10-23-22(12-35-38-23)26(19(18)2)40-8-4-21-24(13-40)36-28(42-14-20-11-30(31,32)17-39(20)3)37-27(21)41-9-7-34-29(16-41,5-6-33)25-15-43-25/h10,12,15,20,34H,4-5,7-9,11,13-14,16-17H2,1-3H3,(H,35,38)/t20-,29+/m0/s1. The van der Waals surface area contributed by atoms with E-state index >= 15 is 0 Å². The van der Waals surface area contributed by atoms with Gasteiger partial charge in [0.2, 0.25) is 0 Å². The van der Waals surface area contributed by atoms with Crippen molar-refractivity contribution in [3.8, 4) is 12.1 Å². The molecule has 3 aromatic rings. The van der Waals surface area contributed by atoms with Gasteiger partial charge < -0.3 is 19.9 Å². The second-order valence-corrected chi connectivity index (χ2v) is 13.1. The molecule has 2 aromatic heterocycles. The van der Waals surface area contributed by atoms with Crippen LogP contribution in [0.15, 0.2) is 22.6 Å². The number of rotatable bonds is 7. The summed E-state index contributed by atoms with van der Waals surface area (Å²) >= 11 is 1.68. The number of aromatic amines is 1. The van der Waals surface area contributed by atoms with Gasteiger partial charge in [-0.15, -0.1) is 0 Å². The molecule has 6 heterocycles. The lowest BCUT2D eigenvalue weighted by Gasteiger charge is -2.43. The van der Waals surface area contributed by atoms with E-state index in [4.69, 9.17) is 14.7 Å². The summed E-state index contributed by atoms with van der Waals surface area (Å²) < 4.78 is 34.3. The van der Waals surface area contributed by atoms with Gasteiger partial charge in [0.25, 0.3) is 5.92 Å². The minimum absolute atomic E-state index is 0.0874. The van der Waals surface area contributed by atoms with Crippen molar-refractivity contribution in [3.63, 3.8) is 0 Å². The van der Waals surface area contributed by atoms with E-state index in [-0.39, 0.29) is 25.6 Å². The number of nitrogens with one attached hydrogen (secondary N) is 2. The fourth-order valence-electron chi connectivity index (χ4n) is 6.87. The molecule has 0 bridgehead atoms. The number of hydrogen-bond acceptors (Lipinski definition) is 10. The third-order valence-electron chi connectivity index (χ3n) is 9.31. The zero-order valence-electron chi connectivity index (χ0n) is 24.6. The van der Waals surface area contributed by atoms with Gasteiger partial charge in [0.05, 0.1) is 54.2 Å². The van der Waals surface area contributed by atoms with Gasteiger partial charge in [-0.25, -0.2) is 8.78 Å². The molecule has 2 atom stereocenters. The zero-order chi connectivity index (χ0) is 29.9. The number of likely N-dealkylation sites (tertiary alicyclic amines) is 1. The van der Waals surface area contributed by atoms with E-state index in [1.165, 1.54) is 16.0 Å². The van der Waals surface area contributed by atoms with Gasteiger partial charge in [0.15, 0.2) is 0 Å². The van der Waals surface area contributed by atoms with Crippen molar-refractivity contribution < 1.29 is 13.5 Å². The van der Waals surface area contributed by atoms with Crippen molar-refractivity contribution in [2.45, 2.75) is 57.2 Å². The number of likely N-dealkylation sites (N-methyl/N-ethyl adjacent to an activating group) is 1. The molecular formula is C30H35F2N9OS. The maximum absolute atomic E-state index is 14.1. The molecule has 4 aliphatic heterocycles. The highest BCUT2D eigenvalue weighted by Gasteiger charge is 2.45. The van der Waals surface area contributed by atoms with Crippen molar-refractivity contribution in [1.82, 2.24) is 30.4 Å². The highest BCUT2D eigenvalue weighted by molar-refractivity contribution is 8.12. The summed E-state index contributed by atoms with van der Waals surface area (Å²) in [5.74, 6) is -1.91. The van der Waals surface area contributed by atoms with Gasteiger partial charge >= 0.3 is 6.01 Å². The predicted octanol–water partition coefficient (Wildman–Crippen LogP) is 3.90. The highest BCUT2D eigenvalue weighted by atomic mass is 32.2. The summed E-state index contributed by atoms with van der Waals surface area (Å²) in [5, 5.41) is 23.8. The number of halogens is 2. The summed E-state index contributed by atoms with van der Waals surface area (Å²) in [6.07, 6.45) is 2.73. The van der Waals surface area contributed by atoms with Crippen LogP contribution < -0.4 is 19.9 Å². The number of nitrogens with zero attached hydrogens (tertiary/aromatic N) is 7. The van der Waals surface area contributed by atoms with Crippen LogP contribution in [0, 0.1) is 25.2 Å². The largest absolute Gasteiger partial charge is 0.462 e. The van der Waals surface area contributed by atoms with Crippen molar-refractivity contribution in [2.75, 3.05) is 56.2 Å².